The van der Waals surface area contributed by atoms with Crippen LogP contribution < -0.4 is 0 Å². The minimum Gasteiger partial charge on any atom is -0.392 e. The largest absolute Gasteiger partial charge is 0.392 e. The zero-order valence-corrected chi connectivity index (χ0v) is 10.9. The number of aliphatic hydroxyl groups excluding tert-OH is 1. The number of halogens is 1. The molecule has 4 heteroatoms. The van der Waals surface area contributed by atoms with Gasteiger partial charge in [0.05, 0.1) is 12.3 Å². The van der Waals surface area contributed by atoms with Crippen molar-refractivity contribution >= 4 is 6.08 Å². The summed E-state index contributed by atoms with van der Waals surface area (Å²) in [4.78, 5) is 8.61. The van der Waals surface area contributed by atoms with Crippen LogP contribution >= 0.6 is 0 Å². The zero-order valence-electron chi connectivity index (χ0n) is 10.9. The van der Waals surface area contributed by atoms with Gasteiger partial charge in [0.15, 0.2) is 0 Å². The van der Waals surface area contributed by atoms with Crippen molar-refractivity contribution in [2.75, 3.05) is 6.61 Å². The molecule has 3 nitrogen and oxygen atoms in total. The monoisotopic (exact) mass is 258 g/mol. The molecule has 2 rings (SSSR count). The second kappa shape index (κ2) is 5.71. The molecule has 0 fully saturated rings. The smallest absolute Gasteiger partial charge is 0.132 e. The summed E-state index contributed by atoms with van der Waals surface area (Å²) in [7, 11) is 0. The molecule has 0 spiro atoms. The van der Waals surface area contributed by atoms with Crippen molar-refractivity contribution in [1.29, 1.82) is 0 Å². The van der Waals surface area contributed by atoms with Crippen LogP contribution in [0.25, 0.3) is 17.3 Å². The summed E-state index contributed by atoms with van der Waals surface area (Å²) in [5.41, 5.74) is 2.47. The molecular weight excluding hydrogens is 243 g/mol. The minimum atomic E-state index is -0.321. The van der Waals surface area contributed by atoms with Gasteiger partial charge < -0.3 is 5.11 Å². The number of benzene rings is 1. The van der Waals surface area contributed by atoms with Crippen LogP contribution in [-0.4, -0.2) is 21.7 Å². The van der Waals surface area contributed by atoms with Gasteiger partial charge in [-0.1, -0.05) is 24.3 Å². The van der Waals surface area contributed by atoms with Crippen molar-refractivity contribution < 1.29 is 9.50 Å². The van der Waals surface area contributed by atoms with Gasteiger partial charge in [0.2, 0.25) is 0 Å². The number of aromatic nitrogens is 2. The fourth-order valence-corrected chi connectivity index (χ4v) is 1.95. The van der Waals surface area contributed by atoms with E-state index in [1.165, 1.54) is 6.07 Å². The molecule has 1 aromatic carbocycles. The molecule has 0 unspecified atom stereocenters. The molecule has 0 bridgehead atoms. The first-order valence-corrected chi connectivity index (χ1v) is 6.01. The lowest BCUT2D eigenvalue weighted by Crippen LogP contribution is -2.00. The summed E-state index contributed by atoms with van der Waals surface area (Å²) in [5, 5.41) is 8.89. The highest BCUT2D eigenvalue weighted by Crippen LogP contribution is 2.26. The third-order valence-electron chi connectivity index (χ3n) is 2.77. The van der Waals surface area contributed by atoms with Gasteiger partial charge in [-0.15, -0.1) is 0 Å². The fraction of sp³-hybridized carbons (Fsp3) is 0.200. The molecule has 2 aromatic rings. The van der Waals surface area contributed by atoms with Gasteiger partial charge in [0, 0.05) is 16.8 Å². The number of nitrogens with zero attached hydrogens (tertiary/aromatic N) is 2. The summed E-state index contributed by atoms with van der Waals surface area (Å²) < 4.78 is 13.9. The number of hydrogen-bond donors (Lipinski definition) is 1. The van der Waals surface area contributed by atoms with Crippen molar-refractivity contribution in [3.8, 4) is 11.3 Å². The Morgan fingerprint density at radius 3 is 2.63 bits per heavy atom. The van der Waals surface area contributed by atoms with Crippen LogP contribution in [0, 0.1) is 19.7 Å². The van der Waals surface area contributed by atoms with Crippen molar-refractivity contribution in [3.05, 3.63) is 53.2 Å². The standard InChI is InChI=1S/C15H15FN2O/c1-10-12(7-5-9-19)15(18-11(2)17-10)13-6-3-4-8-14(13)16/h3-8,19H,9H2,1-2H3. The number of rotatable bonds is 3. The number of aryl methyl sites for hydroxylation is 2. The van der Waals surface area contributed by atoms with Crippen LogP contribution in [0.2, 0.25) is 0 Å². The molecule has 19 heavy (non-hydrogen) atoms. The molecule has 0 saturated carbocycles. The van der Waals surface area contributed by atoms with Crippen LogP contribution in [-0.2, 0) is 0 Å². The van der Waals surface area contributed by atoms with E-state index in [2.05, 4.69) is 9.97 Å². The second-order valence-electron chi connectivity index (χ2n) is 4.18. The van der Waals surface area contributed by atoms with Gasteiger partial charge >= 0.3 is 0 Å². The highest BCUT2D eigenvalue weighted by molar-refractivity contribution is 5.73. The van der Waals surface area contributed by atoms with Crippen LogP contribution in [0.1, 0.15) is 17.1 Å². The van der Waals surface area contributed by atoms with Crippen molar-refractivity contribution in [3.63, 3.8) is 0 Å². The Kier molecular flexibility index (Phi) is 4.02. The molecule has 98 valence electrons. The molecule has 0 saturated heterocycles. The number of aliphatic hydroxyl groups is 1. The van der Waals surface area contributed by atoms with E-state index in [9.17, 15) is 4.39 Å². The van der Waals surface area contributed by atoms with Gasteiger partial charge in [0.1, 0.15) is 11.6 Å². The van der Waals surface area contributed by atoms with Crippen LogP contribution in [0.4, 0.5) is 4.39 Å². The Morgan fingerprint density at radius 2 is 1.95 bits per heavy atom. The molecule has 0 aliphatic carbocycles. The summed E-state index contributed by atoms with van der Waals surface area (Å²) in [5.74, 6) is 0.274. The van der Waals surface area contributed by atoms with Crippen LogP contribution in [0.15, 0.2) is 30.3 Å². The predicted octanol–water partition coefficient (Wildman–Crippen LogP) is 2.91. The van der Waals surface area contributed by atoms with Crippen molar-refractivity contribution in [1.82, 2.24) is 9.97 Å². The molecule has 1 aromatic heterocycles. The Labute approximate surface area is 111 Å². The molecule has 1 heterocycles. The Bertz CT molecular complexity index is 624. The molecule has 0 radical (unpaired) electrons. The topological polar surface area (TPSA) is 46.0 Å². The van der Waals surface area contributed by atoms with E-state index in [1.807, 2.05) is 6.92 Å². The first-order chi connectivity index (χ1) is 9.13. The first kappa shape index (κ1) is 13.4. The second-order valence-corrected chi connectivity index (χ2v) is 4.18. The summed E-state index contributed by atoms with van der Waals surface area (Å²) in [6.07, 6.45) is 3.31. The maximum absolute atomic E-state index is 13.9. The van der Waals surface area contributed by atoms with E-state index < -0.39 is 0 Å². The normalized spacial score (nSPS) is 11.2. The lowest BCUT2D eigenvalue weighted by atomic mass is 10.0. The maximum Gasteiger partial charge on any atom is 0.132 e. The van der Waals surface area contributed by atoms with Gasteiger partial charge in [-0.3, -0.25) is 0 Å². The van der Waals surface area contributed by atoms with Gasteiger partial charge in [-0.05, 0) is 26.0 Å². The molecule has 0 atom stereocenters. The highest BCUT2D eigenvalue weighted by Gasteiger charge is 2.13. The van der Waals surface area contributed by atoms with Crippen molar-refractivity contribution in [2.24, 2.45) is 0 Å². The summed E-state index contributed by atoms with van der Waals surface area (Å²) >= 11 is 0. The Morgan fingerprint density at radius 1 is 1.21 bits per heavy atom. The minimum absolute atomic E-state index is 0.0793. The van der Waals surface area contributed by atoms with E-state index in [1.54, 1.807) is 37.3 Å². The van der Waals surface area contributed by atoms with Crippen LogP contribution in [0.3, 0.4) is 0 Å². The van der Waals surface area contributed by atoms with Gasteiger partial charge in [-0.25, -0.2) is 14.4 Å². The number of hydrogen-bond acceptors (Lipinski definition) is 3. The fourth-order valence-electron chi connectivity index (χ4n) is 1.95. The lowest BCUT2D eigenvalue weighted by Gasteiger charge is -2.10. The third kappa shape index (κ3) is 2.85. The zero-order chi connectivity index (χ0) is 13.8. The van der Waals surface area contributed by atoms with Gasteiger partial charge in [-0.2, -0.15) is 0 Å². The average molecular weight is 258 g/mol. The molecule has 0 amide bonds. The van der Waals surface area contributed by atoms with E-state index in [-0.39, 0.29) is 12.4 Å². The quantitative estimate of drug-likeness (QED) is 0.920. The van der Waals surface area contributed by atoms with Crippen LogP contribution in [0.5, 0.6) is 0 Å². The Hall–Kier alpha value is -2.07. The van der Waals surface area contributed by atoms with E-state index in [0.717, 1.165) is 11.3 Å². The SMILES string of the molecule is Cc1nc(C)c(C=CCO)c(-c2ccccc2F)n1. The summed E-state index contributed by atoms with van der Waals surface area (Å²) in [6, 6.07) is 6.50. The summed E-state index contributed by atoms with van der Waals surface area (Å²) in [6.45, 7) is 3.54. The van der Waals surface area contributed by atoms with E-state index >= 15 is 0 Å². The third-order valence-corrected chi connectivity index (χ3v) is 2.77. The highest BCUT2D eigenvalue weighted by atomic mass is 19.1. The maximum atomic E-state index is 13.9. The van der Waals surface area contributed by atoms with E-state index in [4.69, 9.17) is 5.11 Å². The van der Waals surface area contributed by atoms with Gasteiger partial charge in [0.25, 0.3) is 0 Å². The van der Waals surface area contributed by atoms with Crippen molar-refractivity contribution in [2.45, 2.75) is 13.8 Å². The average Bonchev–Trinajstić information content (AvgIpc) is 2.37. The molecule has 1 N–H and O–H groups in total. The first-order valence-electron chi connectivity index (χ1n) is 6.01. The Balaban J connectivity index is 2.68. The molecular formula is C15H15FN2O. The lowest BCUT2D eigenvalue weighted by molar-refractivity contribution is 0.343. The molecule has 0 aliphatic heterocycles. The van der Waals surface area contributed by atoms with E-state index in [0.29, 0.717) is 17.1 Å². The predicted molar refractivity (Wildman–Crippen MR) is 73.0 cm³/mol. The molecule has 0 aliphatic rings.